The Balaban J connectivity index is 1.61. The third-order valence-electron chi connectivity index (χ3n) is 4.94. The molecule has 4 heteroatoms. The topological polar surface area (TPSA) is 59.1 Å². The van der Waals surface area contributed by atoms with Crippen LogP contribution in [-0.2, 0) is 14.3 Å². The van der Waals surface area contributed by atoms with Crippen molar-refractivity contribution in [2.45, 2.75) is 50.1 Å². The maximum atomic E-state index is 12.3. The number of aliphatic hydroxyl groups is 1. The summed E-state index contributed by atoms with van der Waals surface area (Å²) in [6.45, 7) is 7.51. The molecule has 4 nitrogen and oxygen atoms in total. The van der Waals surface area contributed by atoms with Crippen LogP contribution < -0.4 is 0 Å². The number of carbonyl (C=O) groups excluding carboxylic acids is 1. The van der Waals surface area contributed by atoms with Gasteiger partial charge in [-0.25, -0.2) is 0 Å². The molecule has 3 aliphatic rings. The minimum Gasteiger partial charge on any atom is -0.459 e. The van der Waals surface area contributed by atoms with Crippen LogP contribution in [0.25, 0.3) is 0 Å². The first-order chi connectivity index (χ1) is 9.63. The molecule has 0 aromatic carbocycles. The highest BCUT2D eigenvalue weighted by molar-refractivity contribution is 5.73. The van der Waals surface area contributed by atoms with Gasteiger partial charge in [-0.3, -0.25) is 4.79 Å². The number of ether oxygens (including phenoxy) is 2. The molecule has 2 aliphatic carbocycles. The zero-order chi connectivity index (χ0) is 14.3. The zero-order valence-corrected chi connectivity index (χ0v) is 11.6. The highest BCUT2D eigenvalue weighted by Crippen LogP contribution is 2.41. The number of esters is 1. The molecule has 2 saturated carbocycles. The van der Waals surface area contributed by atoms with Gasteiger partial charge in [0, 0.05) is 11.8 Å². The van der Waals surface area contributed by atoms with Crippen molar-refractivity contribution in [1.82, 2.24) is 0 Å². The summed E-state index contributed by atoms with van der Waals surface area (Å²) in [6, 6.07) is 0. The third-order valence-corrected chi connectivity index (χ3v) is 4.94. The van der Waals surface area contributed by atoms with Crippen LogP contribution in [0, 0.1) is 17.8 Å². The number of aliphatic hydroxyl groups excluding tert-OH is 1. The molecule has 0 aromatic rings. The third kappa shape index (κ3) is 2.42. The van der Waals surface area contributed by atoms with E-state index in [4.69, 9.17) is 9.47 Å². The molecule has 0 bridgehead atoms. The maximum Gasteiger partial charge on any atom is 0.309 e. The highest BCUT2D eigenvalue weighted by Gasteiger charge is 2.48. The maximum absolute atomic E-state index is 12.3. The van der Waals surface area contributed by atoms with Gasteiger partial charge in [0.05, 0.1) is 24.2 Å². The van der Waals surface area contributed by atoms with Gasteiger partial charge in [-0.1, -0.05) is 12.2 Å². The van der Waals surface area contributed by atoms with Crippen LogP contribution in [0.4, 0.5) is 0 Å². The van der Waals surface area contributed by atoms with E-state index in [1.54, 1.807) is 12.2 Å². The predicted octanol–water partition coefficient (Wildman–Crippen LogP) is 1.83. The van der Waals surface area contributed by atoms with Crippen molar-refractivity contribution in [3.63, 3.8) is 0 Å². The Labute approximate surface area is 119 Å². The van der Waals surface area contributed by atoms with Crippen molar-refractivity contribution >= 4 is 5.97 Å². The van der Waals surface area contributed by atoms with Gasteiger partial charge in [0.15, 0.2) is 0 Å². The van der Waals surface area contributed by atoms with Crippen LogP contribution in [-0.4, -0.2) is 35.5 Å². The number of rotatable bonds is 4. The lowest BCUT2D eigenvalue weighted by Crippen LogP contribution is -2.35. The molecule has 1 heterocycles. The molecular formula is C16H22O4. The first-order valence-corrected chi connectivity index (χ1v) is 7.43. The van der Waals surface area contributed by atoms with E-state index < -0.39 is 12.2 Å². The summed E-state index contributed by atoms with van der Waals surface area (Å²) in [5.74, 6) is -0.303. The number of carbonyl (C=O) groups is 1. The van der Waals surface area contributed by atoms with Crippen molar-refractivity contribution in [2.24, 2.45) is 17.8 Å². The Morgan fingerprint density at radius 1 is 1.15 bits per heavy atom. The molecular weight excluding hydrogens is 256 g/mol. The molecule has 3 fully saturated rings. The first kappa shape index (κ1) is 13.8. The van der Waals surface area contributed by atoms with Gasteiger partial charge in [-0.15, -0.1) is 13.2 Å². The fourth-order valence-corrected chi connectivity index (χ4v) is 3.56. The van der Waals surface area contributed by atoms with Gasteiger partial charge in [0.2, 0.25) is 0 Å². The number of hydrogen-bond acceptors (Lipinski definition) is 4. The Morgan fingerprint density at radius 2 is 1.90 bits per heavy atom. The molecule has 110 valence electrons. The number of hydrogen-bond donors (Lipinski definition) is 1. The van der Waals surface area contributed by atoms with Gasteiger partial charge in [0.1, 0.15) is 6.10 Å². The molecule has 20 heavy (non-hydrogen) atoms. The van der Waals surface area contributed by atoms with E-state index in [-0.39, 0.29) is 29.8 Å². The van der Waals surface area contributed by atoms with Crippen LogP contribution in [0.15, 0.2) is 25.3 Å². The Morgan fingerprint density at radius 3 is 2.55 bits per heavy atom. The molecule has 0 aromatic heterocycles. The van der Waals surface area contributed by atoms with Crippen LogP contribution in [0.1, 0.15) is 25.7 Å². The van der Waals surface area contributed by atoms with Gasteiger partial charge < -0.3 is 14.6 Å². The summed E-state index contributed by atoms with van der Waals surface area (Å²) in [7, 11) is 0. The van der Waals surface area contributed by atoms with E-state index in [1.165, 1.54) is 0 Å². The SMILES string of the molecule is C=CC1CC(C=C)C(OC(=O)C2CCC3OC3C2)C1O. The molecule has 7 atom stereocenters. The van der Waals surface area contributed by atoms with Crippen molar-refractivity contribution < 1.29 is 19.4 Å². The molecule has 1 saturated heterocycles. The average molecular weight is 278 g/mol. The van der Waals surface area contributed by atoms with Gasteiger partial charge in [-0.05, 0) is 25.7 Å². The molecule has 7 unspecified atom stereocenters. The molecule has 3 rings (SSSR count). The monoisotopic (exact) mass is 278 g/mol. The Hall–Kier alpha value is -1.13. The number of epoxide rings is 1. The van der Waals surface area contributed by atoms with E-state index >= 15 is 0 Å². The van der Waals surface area contributed by atoms with Gasteiger partial charge in [0.25, 0.3) is 0 Å². The molecule has 0 amide bonds. The summed E-state index contributed by atoms with van der Waals surface area (Å²) in [5, 5.41) is 10.2. The smallest absolute Gasteiger partial charge is 0.309 e. The second-order valence-corrected chi connectivity index (χ2v) is 6.15. The Kier molecular flexibility index (Phi) is 3.69. The van der Waals surface area contributed by atoms with E-state index in [0.717, 1.165) is 25.7 Å². The summed E-state index contributed by atoms with van der Waals surface area (Å²) < 4.78 is 11.0. The van der Waals surface area contributed by atoms with Crippen LogP contribution in [0.2, 0.25) is 0 Å². The predicted molar refractivity (Wildman–Crippen MR) is 73.9 cm³/mol. The van der Waals surface area contributed by atoms with E-state index in [0.29, 0.717) is 6.10 Å². The zero-order valence-electron chi connectivity index (χ0n) is 11.6. The fraction of sp³-hybridized carbons (Fsp3) is 0.688. The second kappa shape index (κ2) is 5.34. The van der Waals surface area contributed by atoms with Gasteiger partial charge >= 0.3 is 5.97 Å². The highest BCUT2D eigenvalue weighted by atomic mass is 16.6. The van der Waals surface area contributed by atoms with Crippen molar-refractivity contribution in [1.29, 1.82) is 0 Å². The molecule has 1 aliphatic heterocycles. The fourth-order valence-electron chi connectivity index (χ4n) is 3.56. The minimum absolute atomic E-state index is 0.00506. The summed E-state index contributed by atoms with van der Waals surface area (Å²) in [4.78, 5) is 12.3. The largest absolute Gasteiger partial charge is 0.459 e. The van der Waals surface area contributed by atoms with Crippen LogP contribution in [0.3, 0.4) is 0 Å². The van der Waals surface area contributed by atoms with Crippen molar-refractivity contribution in [3.8, 4) is 0 Å². The Bertz CT molecular complexity index is 419. The lowest BCUT2D eigenvalue weighted by atomic mass is 9.89. The lowest BCUT2D eigenvalue weighted by molar-refractivity contribution is -0.161. The lowest BCUT2D eigenvalue weighted by Gasteiger charge is -2.25. The van der Waals surface area contributed by atoms with Crippen molar-refractivity contribution in [3.05, 3.63) is 25.3 Å². The standard InChI is InChI=1S/C16H22O4/c1-3-9-7-10(4-2)15(14(9)17)20-16(18)11-5-6-12-13(8-11)19-12/h3-4,9-15,17H,1-2,5-8H2. The first-order valence-electron chi connectivity index (χ1n) is 7.43. The van der Waals surface area contributed by atoms with Gasteiger partial charge in [-0.2, -0.15) is 0 Å². The summed E-state index contributed by atoms with van der Waals surface area (Å²) in [5.41, 5.74) is 0. The van der Waals surface area contributed by atoms with Crippen LogP contribution >= 0.6 is 0 Å². The normalized spacial score (nSPS) is 46.4. The van der Waals surface area contributed by atoms with Crippen LogP contribution in [0.5, 0.6) is 0 Å². The summed E-state index contributed by atoms with van der Waals surface area (Å²) in [6.07, 6.45) is 6.25. The average Bonchev–Trinajstić information content (AvgIpc) is 3.18. The second-order valence-electron chi connectivity index (χ2n) is 6.15. The van der Waals surface area contributed by atoms with Crippen molar-refractivity contribution in [2.75, 3.05) is 0 Å². The number of fused-ring (bicyclic) bond motifs is 1. The summed E-state index contributed by atoms with van der Waals surface area (Å²) >= 11 is 0. The molecule has 0 spiro atoms. The minimum atomic E-state index is -0.673. The van der Waals surface area contributed by atoms with E-state index in [2.05, 4.69) is 13.2 Å². The quantitative estimate of drug-likeness (QED) is 0.484. The molecule has 0 radical (unpaired) electrons. The molecule has 1 N–H and O–H groups in total. The van der Waals surface area contributed by atoms with E-state index in [1.807, 2.05) is 0 Å². The van der Waals surface area contributed by atoms with E-state index in [9.17, 15) is 9.90 Å².